The first kappa shape index (κ1) is 28.5. The summed E-state index contributed by atoms with van der Waals surface area (Å²) in [6, 6.07) is 7.14. The maximum Gasteiger partial charge on any atom is 0.416 e. The van der Waals surface area contributed by atoms with E-state index in [-0.39, 0.29) is 29.4 Å². The summed E-state index contributed by atoms with van der Waals surface area (Å²) in [4.78, 5) is 31.4. The molecular formula is C26H28F6N4O3. The Morgan fingerprint density at radius 1 is 0.974 bits per heavy atom. The summed E-state index contributed by atoms with van der Waals surface area (Å²) < 4.78 is 81.2. The lowest BCUT2D eigenvalue weighted by molar-refractivity contribution is -0.138. The SMILES string of the molecule is CC(C)(Oc1ccc(C(F)(F)F)cc1)C(=O)NC1CC2CCC(C1)N2c1ccc(C(=O)NCC(F)(F)F)cn1. The van der Waals surface area contributed by atoms with Crippen LogP contribution in [-0.2, 0) is 11.0 Å². The maximum absolute atomic E-state index is 13.0. The number of piperidine rings is 1. The molecule has 0 aliphatic carbocycles. The number of pyridine rings is 1. The molecule has 2 unspecified atom stereocenters. The highest BCUT2D eigenvalue weighted by Gasteiger charge is 2.43. The Morgan fingerprint density at radius 3 is 2.10 bits per heavy atom. The molecule has 2 aromatic rings. The Bertz CT molecular complexity index is 1170. The van der Waals surface area contributed by atoms with Crippen molar-refractivity contribution in [2.24, 2.45) is 0 Å². The molecule has 2 saturated heterocycles. The molecule has 1 aromatic heterocycles. The number of hydrogen-bond acceptors (Lipinski definition) is 5. The number of carbonyl (C=O) groups excluding carboxylic acids is 2. The summed E-state index contributed by atoms with van der Waals surface area (Å²) in [5.74, 6) is -0.519. The highest BCUT2D eigenvalue weighted by molar-refractivity contribution is 5.94. The van der Waals surface area contributed by atoms with E-state index in [9.17, 15) is 35.9 Å². The first-order valence-electron chi connectivity index (χ1n) is 12.4. The lowest BCUT2D eigenvalue weighted by Gasteiger charge is -2.40. The number of alkyl halides is 6. The minimum absolute atomic E-state index is 0.0211. The van der Waals surface area contributed by atoms with Crippen molar-refractivity contribution in [2.45, 2.75) is 75.6 Å². The van der Waals surface area contributed by atoms with Gasteiger partial charge in [-0.3, -0.25) is 9.59 Å². The summed E-state index contributed by atoms with van der Waals surface area (Å²) >= 11 is 0. The molecule has 2 fully saturated rings. The number of halogens is 6. The summed E-state index contributed by atoms with van der Waals surface area (Å²) in [6.07, 6.45) is -4.78. The zero-order chi connectivity index (χ0) is 28.6. The minimum Gasteiger partial charge on any atom is -0.478 e. The number of hydrogen-bond donors (Lipinski definition) is 2. The number of anilines is 1. The molecule has 2 N–H and O–H groups in total. The predicted molar refractivity (Wildman–Crippen MR) is 129 cm³/mol. The quantitative estimate of drug-likeness (QED) is 0.474. The molecule has 2 aliphatic heterocycles. The van der Waals surface area contributed by atoms with Crippen LogP contribution in [0.25, 0.3) is 0 Å². The predicted octanol–water partition coefficient (Wildman–Crippen LogP) is 4.87. The average molecular weight is 559 g/mol. The van der Waals surface area contributed by atoms with Gasteiger partial charge in [-0.2, -0.15) is 26.3 Å². The van der Waals surface area contributed by atoms with Crippen molar-refractivity contribution in [1.29, 1.82) is 0 Å². The fourth-order valence-corrected chi connectivity index (χ4v) is 5.04. The van der Waals surface area contributed by atoms with E-state index in [2.05, 4.69) is 15.2 Å². The van der Waals surface area contributed by atoms with E-state index >= 15 is 0 Å². The molecule has 2 aliphatic rings. The van der Waals surface area contributed by atoms with Crippen LogP contribution in [0.5, 0.6) is 5.75 Å². The first-order chi connectivity index (χ1) is 18.1. The van der Waals surface area contributed by atoms with Gasteiger partial charge in [0.25, 0.3) is 11.8 Å². The lowest BCUT2D eigenvalue weighted by atomic mass is 9.96. The van der Waals surface area contributed by atoms with Gasteiger partial charge in [0.15, 0.2) is 5.60 Å². The van der Waals surface area contributed by atoms with Crippen LogP contribution in [0.1, 0.15) is 55.5 Å². The van der Waals surface area contributed by atoms with Crippen molar-refractivity contribution >= 4 is 17.6 Å². The fourth-order valence-electron chi connectivity index (χ4n) is 5.04. The van der Waals surface area contributed by atoms with Crippen LogP contribution in [0.4, 0.5) is 32.2 Å². The van der Waals surface area contributed by atoms with Crippen LogP contribution in [-0.4, -0.2) is 53.2 Å². The summed E-state index contributed by atoms with van der Waals surface area (Å²) in [7, 11) is 0. The molecule has 0 radical (unpaired) electrons. The van der Waals surface area contributed by atoms with E-state index in [0.29, 0.717) is 18.7 Å². The Kier molecular flexibility index (Phi) is 7.72. The van der Waals surface area contributed by atoms with Crippen LogP contribution >= 0.6 is 0 Å². The molecule has 2 amide bonds. The van der Waals surface area contributed by atoms with E-state index in [1.165, 1.54) is 24.4 Å². The summed E-state index contributed by atoms with van der Waals surface area (Å²) in [5, 5.41) is 4.82. The topological polar surface area (TPSA) is 83.6 Å². The van der Waals surface area contributed by atoms with Gasteiger partial charge in [0.05, 0.1) is 11.1 Å². The van der Waals surface area contributed by atoms with E-state index in [0.717, 1.165) is 25.0 Å². The van der Waals surface area contributed by atoms with Crippen LogP contribution in [0.2, 0.25) is 0 Å². The van der Waals surface area contributed by atoms with Crippen LogP contribution in [0, 0.1) is 0 Å². The number of nitrogens with zero attached hydrogens (tertiary/aromatic N) is 2. The van der Waals surface area contributed by atoms with E-state index in [1.54, 1.807) is 19.9 Å². The summed E-state index contributed by atoms with van der Waals surface area (Å²) in [6.45, 7) is 1.66. The third kappa shape index (κ3) is 6.93. The van der Waals surface area contributed by atoms with Gasteiger partial charge in [0.1, 0.15) is 18.1 Å². The molecule has 2 atom stereocenters. The molecule has 0 saturated carbocycles. The van der Waals surface area contributed by atoms with Crippen molar-refractivity contribution in [3.63, 3.8) is 0 Å². The van der Waals surface area contributed by atoms with Crippen LogP contribution < -0.4 is 20.3 Å². The zero-order valence-electron chi connectivity index (χ0n) is 21.2. The van der Waals surface area contributed by atoms with E-state index in [1.807, 2.05) is 5.32 Å². The third-order valence-corrected chi connectivity index (χ3v) is 6.89. The van der Waals surface area contributed by atoms with Gasteiger partial charge in [-0.25, -0.2) is 4.98 Å². The van der Waals surface area contributed by atoms with Crippen LogP contribution in [0.3, 0.4) is 0 Å². The Hall–Kier alpha value is -3.51. The van der Waals surface area contributed by atoms with Crippen molar-refractivity contribution in [3.8, 4) is 5.75 Å². The highest BCUT2D eigenvalue weighted by Crippen LogP contribution is 2.39. The number of benzene rings is 1. The van der Waals surface area contributed by atoms with Crippen LogP contribution in [0.15, 0.2) is 42.6 Å². The smallest absolute Gasteiger partial charge is 0.416 e. The second kappa shape index (κ2) is 10.6. The standard InChI is InChI=1S/C26H28F6N4O3/c1-24(2,39-20-8-4-16(5-9-20)26(30,31)32)23(38)35-17-11-18-6-7-19(12-17)36(18)21-10-3-15(13-33-21)22(37)34-14-25(27,28)29/h3-5,8-10,13,17-19H,6-7,11-12,14H2,1-2H3,(H,34,37)(H,35,38). The van der Waals surface area contributed by atoms with Gasteiger partial charge in [0, 0.05) is 24.3 Å². The van der Waals surface area contributed by atoms with Crippen molar-refractivity contribution in [3.05, 3.63) is 53.7 Å². The van der Waals surface area contributed by atoms with Gasteiger partial charge in [-0.15, -0.1) is 0 Å². The van der Waals surface area contributed by atoms with Gasteiger partial charge >= 0.3 is 12.4 Å². The normalized spacial score (nSPS) is 21.4. The van der Waals surface area contributed by atoms with Gasteiger partial charge in [0.2, 0.25) is 0 Å². The van der Waals surface area contributed by atoms with E-state index < -0.39 is 41.9 Å². The molecule has 2 bridgehead atoms. The molecule has 212 valence electrons. The number of nitrogens with one attached hydrogen (secondary N) is 2. The van der Waals surface area contributed by atoms with Gasteiger partial charge in [-0.1, -0.05) is 0 Å². The molecule has 4 rings (SSSR count). The number of fused-ring (bicyclic) bond motifs is 2. The number of aromatic nitrogens is 1. The largest absolute Gasteiger partial charge is 0.478 e. The number of carbonyl (C=O) groups is 2. The Balaban J connectivity index is 1.34. The summed E-state index contributed by atoms with van der Waals surface area (Å²) in [5.41, 5.74) is -2.12. The monoisotopic (exact) mass is 558 g/mol. The Labute approximate surface area is 220 Å². The highest BCUT2D eigenvalue weighted by atomic mass is 19.4. The minimum atomic E-state index is -4.51. The van der Waals surface area contributed by atoms with E-state index in [4.69, 9.17) is 4.74 Å². The van der Waals surface area contributed by atoms with Crippen molar-refractivity contribution in [1.82, 2.24) is 15.6 Å². The molecule has 7 nitrogen and oxygen atoms in total. The molecule has 1 aromatic carbocycles. The molecule has 0 spiro atoms. The molecule has 3 heterocycles. The zero-order valence-corrected chi connectivity index (χ0v) is 21.2. The Morgan fingerprint density at radius 2 is 1.59 bits per heavy atom. The second-order valence-electron chi connectivity index (χ2n) is 10.3. The number of ether oxygens (including phenoxy) is 1. The average Bonchev–Trinajstić information content (AvgIpc) is 3.11. The molecule has 13 heteroatoms. The molecule has 39 heavy (non-hydrogen) atoms. The number of amides is 2. The van der Waals surface area contributed by atoms with Gasteiger partial charge in [-0.05, 0) is 75.9 Å². The second-order valence-corrected chi connectivity index (χ2v) is 10.3. The lowest BCUT2D eigenvalue weighted by Crippen LogP contribution is -2.55. The molecular weight excluding hydrogens is 530 g/mol. The van der Waals surface area contributed by atoms with Gasteiger partial charge < -0.3 is 20.3 Å². The van der Waals surface area contributed by atoms with Crippen molar-refractivity contribution < 1.29 is 40.7 Å². The number of rotatable bonds is 7. The fraction of sp³-hybridized carbons (Fsp3) is 0.500. The first-order valence-corrected chi connectivity index (χ1v) is 12.4. The third-order valence-electron chi connectivity index (χ3n) is 6.89. The van der Waals surface area contributed by atoms with Crippen molar-refractivity contribution in [2.75, 3.05) is 11.4 Å². The maximum atomic E-state index is 13.0.